The van der Waals surface area contributed by atoms with Gasteiger partial charge in [-0.25, -0.2) is 9.97 Å². The van der Waals surface area contributed by atoms with E-state index >= 15 is 0 Å². The van der Waals surface area contributed by atoms with E-state index in [1.807, 2.05) is 13.0 Å². The molecular formula is C19H24Cl2N4O2. The Balaban J connectivity index is 1.38. The molecule has 1 aliphatic rings. The third kappa shape index (κ3) is 6.21. The van der Waals surface area contributed by atoms with Crippen molar-refractivity contribution in [3.8, 4) is 5.75 Å². The zero-order valence-electron chi connectivity index (χ0n) is 15.2. The van der Waals surface area contributed by atoms with Crippen molar-refractivity contribution in [3.05, 3.63) is 46.2 Å². The number of anilines is 1. The summed E-state index contributed by atoms with van der Waals surface area (Å²) in [5, 5.41) is 14.6. The molecule has 1 unspecified atom stereocenters. The quantitative estimate of drug-likeness (QED) is 0.728. The Morgan fingerprint density at radius 3 is 2.74 bits per heavy atom. The minimum atomic E-state index is -0.566. The molecule has 0 saturated carbocycles. The minimum absolute atomic E-state index is 0.216. The summed E-state index contributed by atoms with van der Waals surface area (Å²) in [5.74, 6) is 1.29. The summed E-state index contributed by atoms with van der Waals surface area (Å²) in [6, 6.07) is 7.32. The number of aliphatic hydroxyl groups excluding tert-OH is 1. The molecule has 2 N–H and O–H groups in total. The molecule has 0 radical (unpaired) electrons. The molecule has 27 heavy (non-hydrogen) atoms. The smallest absolute Gasteiger partial charge is 0.223 e. The highest BCUT2D eigenvalue weighted by molar-refractivity contribution is 6.42. The van der Waals surface area contributed by atoms with Crippen LogP contribution < -0.4 is 10.1 Å². The molecule has 2 aromatic rings. The first-order valence-corrected chi connectivity index (χ1v) is 9.79. The average molecular weight is 411 g/mol. The highest BCUT2D eigenvalue weighted by Crippen LogP contribution is 2.26. The fraction of sp³-hybridized carbons (Fsp3) is 0.474. The normalized spacial score (nSPS) is 16.9. The maximum Gasteiger partial charge on any atom is 0.223 e. The number of aliphatic hydroxyl groups is 1. The lowest BCUT2D eigenvalue weighted by Gasteiger charge is -2.33. The summed E-state index contributed by atoms with van der Waals surface area (Å²) >= 11 is 11.9. The van der Waals surface area contributed by atoms with Crippen LogP contribution in [0.1, 0.15) is 18.5 Å². The van der Waals surface area contributed by atoms with Crippen molar-refractivity contribution in [1.29, 1.82) is 0 Å². The molecule has 1 aliphatic heterocycles. The van der Waals surface area contributed by atoms with Gasteiger partial charge in [-0.15, -0.1) is 0 Å². The summed E-state index contributed by atoms with van der Waals surface area (Å²) in [4.78, 5) is 10.9. The number of hydrogen-bond donors (Lipinski definition) is 2. The van der Waals surface area contributed by atoms with Gasteiger partial charge in [0.2, 0.25) is 5.95 Å². The number of benzene rings is 1. The van der Waals surface area contributed by atoms with Crippen molar-refractivity contribution < 1.29 is 9.84 Å². The van der Waals surface area contributed by atoms with Crippen LogP contribution in [0.15, 0.2) is 30.5 Å². The Kier molecular flexibility index (Phi) is 7.13. The van der Waals surface area contributed by atoms with Crippen molar-refractivity contribution in [2.24, 2.45) is 0 Å². The lowest BCUT2D eigenvalue weighted by atomic mass is 10.0. The van der Waals surface area contributed by atoms with Gasteiger partial charge in [-0.2, -0.15) is 0 Å². The van der Waals surface area contributed by atoms with Crippen LogP contribution in [-0.4, -0.2) is 58.4 Å². The predicted octanol–water partition coefficient (Wildman–Crippen LogP) is 3.41. The molecule has 0 bridgehead atoms. The molecular weight excluding hydrogens is 387 g/mol. The third-order valence-corrected chi connectivity index (χ3v) is 5.26. The van der Waals surface area contributed by atoms with Gasteiger partial charge in [0.1, 0.15) is 18.5 Å². The van der Waals surface area contributed by atoms with Gasteiger partial charge in [-0.05, 0) is 38.0 Å². The Bertz CT molecular complexity index is 754. The molecule has 2 heterocycles. The van der Waals surface area contributed by atoms with Gasteiger partial charge < -0.3 is 20.1 Å². The molecule has 1 fully saturated rings. The molecule has 1 atom stereocenters. The Morgan fingerprint density at radius 2 is 2.04 bits per heavy atom. The highest BCUT2D eigenvalue weighted by atomic mass is 35.5. The Hall–Kier alpha value is -1.60. The van der Waals surface area contributed by atoms with Gasteiger partial charge >= 0.3 is 0 Å². The summed E-state index contributed by atoms with van der Waals surface area (Å²) in [5.41, 5.74) is 0.954. The minimum Gasteiger partial charge on any atom is -0.491 e. The van der Waals surface area contributed by atoms with Gasteiger partial charge in [0, 0.05) is 43.6 Å². The second kappa shape index (κ2) is 9.55. The lowest BCUT2D eigenvalue weighted by Crippen LogP contribution is -2.43. The number of hydrogen-bond acceptors (Lipinski definition) is 6. The highest BCUT2D eigenvalue weighted by Gasteiger charge is 2.21. The molecule has 0 amide bonds. The van der Waals surface area contributed by atoms with Crippen molar-refractivity contribution >= 4 is 29.2 Å². The predicted molar refractivity (Wildman–Crippen MR) is 108 cm³/mol. The van der Waals surface area contributed by atoms with Crippen LogP contribution in [0.2, 0.25) is 10.0 Å². The van der Waals surface area contributed by atoms with Gasteiger partial charge in [0.25, 0.3) is 0 Å². The molecule has 146 valence electrons. The number of nitrogens with zero attached hydrogens (tertiary/aromatic N) is 3. The fourth-order valence-corrected chi connectivity index (χ4v) is 3.36. The van der Waals surface area contributed by atoms with Gasteiger partial charge in [-0.1, -0.05) is 23.2 Å². The standard InChI is InChI=1S/C19H24Cl2N4O2/c1-13-4-7-22-19(23-13)24-14-5-8-25(9-6-14)11-15(26)12-27-16-2-3-17(20)18(21)10-16/h2-4,7,10,14-15,26H,5-6,8-9,11-12H2,1H3,(H,22,23,24). The molecule has 1 aromatic heterocycles. The molecule has 1 aromatic carbocycles. The maximum absolute atomic E-state index is 10.3. The number of halogens is 2. The number of likely N-dealkylation sites (tertiary alicyclic amines) is 1. The zero-order chi connectivity index (χ0) is 19.2. The van der Waals surface area contributed by atoms with Crippen LogP contribution in [0.4, 0.5) is 5.95 Å². The van der Waals surface area contributed by atoms with Crippen LogP contribution in [0.3, 0.4) is 0 Å². The van der Waals surface area contributed by atoms with Crippen molar-refractivity contribution in [2.45, 2.75) is 31.9 Å². The van der Waals surface area contributed by atoms with Crippen LogP contribution in [0.25, 0.3) is 0 Å². The van der Waals surface area contributed by atoms with E-state index < -0.39 is 6.10 Å². The Morgan fingerprint density at radius 1 is 1.26 bits per heavy atom. The first kappa shape index (κ1) is 20.1. The molecule has 3 rings (SSSR count). The number of piperidine rings is 1. The van der Waals surface area contributed by atoms with E-state index in [1.165, 1.54) is 0 Å². The van der Waals surface area contributed by atoms with E-state index in [0.717, 1.165) is 31.6 Å². The first-order chi connectivity index (χ1) is 13.0. The summed E-state index contributed by atoms with van der Waals surface area (Å²) in [7, 11) is 0. The number of aromatic nitrogens is 2. The first-order valence-electron chi connectivity index (χ1n) is 9.04. The maximum atomic E-state index is 10.3. The summed E-state index contributed by atoms with van der Waals surface area (Å²) in [6.45, 7) is 4.57. The lowest BCUT2D eigenvalue weighted by molar-refractivity contribution is 0.0604. The third-order valence-electron chi connectivity index (χ3n) is 4.52. The van der Waals surface area contributed by atoms with Crippen LogP contribution in [0.5, 0.6) is 5.75 Å². The number of rotatable bonds is 7. The monoisotopic (exact) mass is 410 g/mol. The topological polar surface area (TPSA) is 70.5 Å². The number of nitrogens with one attached hydrogen (secondary N) is 1. The van der Waals surface area contributed by atoms with Crippen molar-refractivity contribution in [1.82, 2.24) is 14.9 Å². The van der Waals surface area contributed by atoms with Gasteiger partial charge in [0.15, 0.2) is 0 Å². The van der Waals surface area contributed by atoms with Crippen LogP contribution >= 0.6 is 23.2 Å². The number of β-amino-alcohol motifs (C(OH)–C–C–N with tert-alkyl or cyclic N) is 1. The van der Waals surface area contributed by atoms with E-state index in [2.05, 4.69) is 20.2 Å². The Labute approximate surface area is 169 Å². The van der Waals surface area contributed by atoms with Gasteiger partial charge in [0.05, 0.1) is 10.0 Å². The molecule has 1 saturated heterocycles. The SMILES string of the molecule is Cc1ccnc(NC2CCN(CC(O)COc3ccc(Cl)c(Cl)c3)CC2)n1. The zero-order valence-corrected chi connectivity index (χ0v) is 16.7. The molecule has 0 aliphatic carbocycles. The molecule has 6 nitrogen and oxygen atoms in total. The van der Waals surface area contributed by atoms with Crippen LogP contribution in [0, 0.1) is 6.92 Å². The second-order valence-corrected chi connectivity index (χ2v) is 7.60. The summed E-state index contributed by atoms with van der Waals surface area (Å²) in [6.07, 6.45) is 3.17. The average Bonchev–Trinajstić information content (AvgIpc) is 2.64. The summed E-state index contributed by atoms with van der Waals surface area (Å²) < 4.78 is 5.61. The van der Waals surface area contributed by atoms with E-state index in [1.54, 1.807) is 24.4 Å². The van der Waals surface area contributed by atoms with E-state index in [0.29, 0.717) is 34.3 Å². The molecule has 0 spiro atoms. The fourth-order valence-electron chi connectivity index (χ4n) is 3.07. The van der Waals surface area contributed by atoms with E-state index in [4.69, 9.17) is 27.9 Å². The van der Waals surface area contributed by atoms with Gasteiger partial charge in [-0.3, -0.25) is 0 Å². The number of ether oxygens (including phenoxy) is 1. The number of aryl methyl sites for hydroxylation is 1. The largest absolute Gasteiger partial charge is 0.491 e. The second-order valence-electron chi connectivity index (χ2n) is 6.78. The van der Waals surface area contributed by atoms with E-state index in [-0.39, 0.29) is 6.61 Å². The van der Waals surface area contributed by atoms with E-state index in [9.17, 15) is 5.11 Å². The van der Waals surface area contributed by atoms with Crippen molar-refractivity contribution in [3.63, 3.8) is 0 Å². The van der Waals surface area contributed by atoms with Crippen molar-refractivity contribution in [2.75, 3.05) is 31.6 Å². The molecule has 8 heteroatoms. The van der Waals surface area contributed by atoms with Crippen LogP contribution in [-0.2, 0) is 0 Å².